The molecule has 4 rings (SSSR count). The van der Waals surface area contributed by atoms with E-state index in [2.05, 4.69) is 43.2 Å². The van der Waals surface area contributed by atoms with Crippen LogP contribution in [0.1, 0.15) is 65.0 Å². The molecule has 0 fully saturated rings. The second-order valence-corrected chi connectivity index (χ2v) is 7.87. The Morgan fingerprint density at radius 1 is 1.04 bits per heavy atom. The van der Waals surface area contributed by atoms with Crippen LogP contribution >= 0.6 is 0 Å². The first-order valence-corrected chi connectivity index (χ1v) is 9.84. The molecule has 0 bridgehead atoms. The van der Waals surface area contributed by atoms with Gasteiger partial charge in [-0.25, -0.2) is 4.68 Å². The van der Waals surface area contributed by atoms with Gasteiger partial charge in [0.25, 0.3) is 0 Å². The molecule has 1 heterocycles. The average Bonchev–Trinajstić information content (AvgIpc) is 3.05. The highest BCUT2D eigenvalue weighted by Gasteiger charge is 2.32. The fourth-order valence-corrected chi connectivity index (χ4v) is 4.08. The third-order valence-electron chi connectivity index (χ3n) is 5.70. The first-order chi connectivity index (χ1) is 13.5. The molecule has 3 aromatic rings. The lowest BCUT2D eigenvalue weighted by molar-refractivity contribution is 0.0963. The molecule has 1 aromatic heterocycles. The number of aromatic nitrogens is 2. The number of Topliss-reactive ketones (excluding diaryl/α,β-unsaturated/α-hetero) is 1. The molecule has 1 unspecified atom stereocenters. The molecule has 0 aliphatic heterocycles. The third-order valence-corrected chi connectivity index (χ3v) is 5.70. The van der Waals surface area contributed by atoms with Gasteiger partial charge in [0.05, 0.1) is 29.7 Å². The molecule has 0 amide bonds. The van der Waals surface area contributed by atoms with E-state index in [9.17, 15) is 4.79 Å². The monoisotopic (exact) mass is 374 g/mol. The van der Waals surface area contributed by atoms with E-state index in [0.29, 0.717) is 12.3 Å². The molecule has 0 N–H and O–H groups in total. The van der Waals surface area contributed by atoms with E-state index in [1.807, 2.05) is 35.9 Å². The quantitative estimate of drug-likeness (QED) is 0.628. The Hall–Kier alpha value is -2.88. The Bertz CT molecular complexity index is 998. The Morgan fingerprint density at radius 3 is 2.32 bits per heavy atom. The highest BCUT2D eigenvalue weighted by molar-refractivity contribution is 6.00. The number of nitrogens with zero attached hydrogens (tertiary/aromatic N) is 2. The SMILES string of the molecule is COc1ccc(-n2nc(C)c3c2CC(c2ccc(C(C)C)cc2)CC3=O)cc1. The van der Waals surface area contributed by atoms with Gasteiger partial charge in [-0.05, 0) is 60.6 Å². The summed E-state index contributed by atoms with van der Waals surface area (Å²) in [7, 11) is 1.66. The zero-order valence-electron chi connectivity index (χ0n) is 16.9. The Balaban J connectivity index is 1.70. The maximum absolute atomic E-state index is 12.9. The fourth-order valence-electron chi connectivity index (χ4n) is 4.08. The van der Waals surface area contributed by atoms with Crippen molar-refractivity contribution < 1.29 is 9.53 Å². The van der Waals surface area contributed by atoms with Crippen LogP contribution in [-0.4, -0.2) is 22.7 Å². The van der Waals surface area contributed by atoms with Gasteiger partial charge in [0.15, 0.2) is 5.78 Å². The molecular formula is C24H26N2O2. The van der Waals surface area contributed by atoms with Gasteiger partial charge in [0, 0.05) is 6.42 Å². The summed E-state index contributed by atoms with van der Waals surface area (Å²) in [6.07, 6.45) is 1.36. The predicted octanol–water partition coefficient (Wildman–Crippen LogP) is 5.23. The van der Waals surface area contributed by atoms with Gasteiger partial charge >= 0.3 is 0 Å². The van der Waals surface area contributed by atoms with Crippen LogP contribution in [-0.2, 0) is 6.42 Å². The molecule has 4 heteroatoms. The smallest absolute Gasteiger partial charge is 0.167 e. The normalized spacial score (nSPS) is 16.3. The van der Waals surface area contributed by atoms with E-state index < -0.39 is 0 Å². The van der Waals surface area contributed by atoms with Crippen LogP contribution in [0.4, 0.5) is 0 Å². The van der Waals surface area contributed by atoms with Gasteiger partial charge in [-0.15, -0.1) is 0 Å². The molecule has 0 radical (unpaired) electrons. The summed E-state index contributed by atoms with van der Waals surface area (Å²) in [6.45, 7) is 6.32. The number of methoxy groups -OCH3 is 1. The van der Waals surface area contributed by atoms with Crippen LogP contribution in [0.2, 0.25) is 0 Å². The van der Waals surface area contributed by atoms with Gasteiger partial charge in [-0.2, -0.15) is 5.10 Å². The Kier molecular flexibility index (Phi) is 4.80. The van der Waals surface area contributed by atoms with Gasteiger partial charge in [-0.3, -0.25) is 4.79 Å². The molecule has 0 saturated heterocycles. The summed E-state index contributed by atoms with van der Waals surface area (Å²) in [5.41, 5.74) is 6.12. The van der Waals surface area contributed by atoms with Crippen molar-refractivity contribution in [3.05, 3.63) is 76.6 Å². The number of fused-ring (bicyclic) bond motifs is 1. The van der Waals surface area contributed by atoms with Crippen LogP contribution < -0.4 is 4.74 Å². The van der Waals surface area contributed by atoms with Crippen molar-refractivity contribution in [2.75, 3.05) is 7.11 Å². The van der Waals surface area contributed by atoms with Crippen LogP contribution in [0, 0.1) is 6.92 Å². The molecule has 0 saturated carbocycles. The fraction of sp³-hybridized carbons (Fsp3) is 0.333. The number of aryl methyl sites for hydroxylation is 1. The van der Waals surface area contributed by atoms with Crippen molar-refractivity contribution in [1.82, 2.24) is 9.78 Å². The standard InChI is InChI=1S/C24H26N2O2/c1-15(2)17-5-7-18(8-6-17)19-13-22-24(23(27)14-19)16(3)25-26(22)20-9-11-21(28-4)12-10-20/h5-12,15,19H,13-14H2,1-4H3. The highest BCUT2D eigenvalue weighted by atomic mass is 16.5. The topological polar surface area (TPSA) is 44.1 Å². The lowest BCUT2D eigenvalue weighted by Gasteiger charge is -2.23. The second-order valence-electron chi connectivity index (χ2n) is 7.87. The van der Waals surface area contributed by atoms with Gasteiger partial charge in [0.1, 0.15) is 5.75 Å². The zero-order valence-corrected chi connectivity index (χ0v) is 16.9. The predicted molar refractivity (Wildman–Crippen MR) is 111 cm³/mol. The van der Waals surface area contributed by atoms with Gasteiger partial charge in [-0.1, -0.05) is 38.1 Å². The van der Waals surface area contributed by atoms with Crippen molar-refractivity contribution in [2.24, 2.45) is 0 Å². The molecule has 0 spiro atoms. The minimum atomic E-state index is 0.189. The summed E-state index contributed by atoms with van der Waals surface area (Å²) in [6, 6.07) is 16.5. The molecule has 2 aromatic carbocycles. The maximum atomic E-state index is 12.9. The van der Waals surface area contributed by atoms with E-state index in [1.54, 1.807) is 7.11 Å². The van der Waals surface area contributed by atoms with Crippen molar-refractivity contribution in [3.8, 4) is 11.4 Å². The van der Waals surface area contributed by atoms with Crippen LogP contribution in [0.3, 0.4) is 0 Å². The molecule has 1 aliphatic carbocycles. The van der Waals surface area contributed by atoms with Crippen molar-refractivity contribution in [1.29, 1.82) is 0 Å². The van der Waals surface area contributed by atoms with Crippen molar-refractivity contribution >= 4 is 5.78 Å². The zero-order chi connectivity index (χ0) is 19.8. The Morgan fingerprint density at radius 2 is 1.71 bits per heavy atom. The summed E-state index contributed by atoms with van der Waals surface area (Å²) in [5, 5.41) is 4.69. The number of carbonyl (C=O) groups is 1. The summed E-state index contributed by atoms with van der Waals surface area (Å²) < 4.78 is 7.18. The molecular weight excluding hydrogens is 348 g/mol. The first-order valence-electron chi connectivity index (χ1n) is 9.84. The molecule has 28 heavy (non-hydrogen) atoms. The van der Waals surface area contributed by atoms with E-state index in [-0.39, 0.29) is 11.7 Å². The molecule has 1 aliphatic rings. The highest BCUT2D eigenvalue weighted by Crippen LogP contribution is 2.35. The minimum absolute atomic E-state index is 0.189. The number of carbonyl (C=O) groups excluding carboxylic acids is 1. The van der Waals surface area contributed by atoms with E-state index in [1.165, 1.54) is 11.1 Å². The van der Waals surface area contributed by atoms with Crippen LogP contribution in [0.25, 0.3) is 5.69 Å². The summed E-state index contributed by atoms with van der Waals surface area (Å²) in [4.78, 5) is 12.9. The molecule has 144 valence electrons. The molecule has 4 nitrogen and oxygen atoms in total. The average molecular weight is 374 g/mol. The van der Waals surface area contributed by atoms with Crippen molar-refractivity contribution in [3.63, 3.8) is 0 Å². The van der Waals surface area contributed by atoms with E-state index >= 15 is 0 Å². The summed E-state index contributed by atoms with van der Waals surface area (Å²) in [5.74, 6) is 1.69. The number of ether oxygens (including phenoxy) is 1. The van der Waals surface area contributed by atoms with Crippen LogP contribution in [0.5, 0.6) is 5.75 Å². The molecule has 1 atom stereocenters. The first kappa shape index (κ1) is 18.5. The number of benzene rings is 2. The largest absolute Gasteiger partial charge is 0.497 e. The Labute approximate surface area is 166 Å². The van der Waals surface area contributed by atoms with E-state index in [0.717, 1.165) is 34.8 Å². The van der Waals surface area contributed by atoms with Gasteiger partial charge < -0.3 is 4.74 Å². The number of rotatable bonds is 4. The maximum Gasteiger partial charge on any atom is 0.167 e. The van der Waals surface area contributed by atoms with Crippen molar-refractivity contribution in [2.45, 2.75) is 45.4 Å². The lowest BCUT2D eigenvalue weighted by Crippen LogP contribution is -2.20. The van der Waals surface area contributed by atoms with Gasteiger partial charge in [0.2, 0.25) is 0 Å². The van der Waals surface area contributed by atoms with Crippen LogP contribution in [0.15, 0.2) is 48.5 Å². The van der Waals surface area contributed by atoms with E-state index in [4.69, 9.17) is 4.74 Å². The number of hydrogen-bond acceptors (Lipinski definition) is 3. The number of hydrogen-bond donors (Lipinski definition) is 0. The minimum Gasteiger partial charge on any atom is -0.497 e. The lowest BCUT2D eigenvalue weighted by atomic mass is 9.81. The third kappa shape index (κ3) is 3.24. The second kappa shape index (κ2) is 7.27. The number of ketones is 1. The summed E-state index contributed by atoms with van der Waals surface area (Å²) >= 11 is 0.